The molecule has 150 valence electrons. The molecule has 1 unspecified atom stereocenters. The molecule has 0 aliphatic carbocycles. The normalized spacial score (nSPS) is 17.6. The molecule has 10 heteroatoms. The number of nitrogens with zero attached hydrogens (tertiary/aromatic N) is 1. The smallest absolute Gasteiger partial charge is 0.255 e. The Bertz CT molecular complexity index is 1020. The van der Waals surface area contributed by atoms with Gasteiger partial charge in [-0.05, 0) is 65.2 Å². The molecule has 3 rings (SSSR count). The molecule has 1 atom stereocenters. The minimum atomic E-state index is -3.97. The highest BCUT2D eigenvalue weighted by Gasteiger charge is 2.36. The van der Waals surface area contributed by atoms with Crippen LogP contribution in [0.5, 0.6) is 0 Å². The van der Waals surface area contributed by atoms with Gasteiger partial charge in [0.1, 0.15) is 10.7 Å². The summed E-state index contributed by atoms with van der Waals surface area (Å²) >= 11 is 9.15. The fraction of sp³-hybridized carbons (Fsp3) is 0.278. The van der Waals surface area contributed by atoms with Gasteiger partial charge in [0, 0.05) is 23.8 Å². The van der Waals surface area contributed by atoms with Gasteiger partial charge in [-0.2, -0.15) is 4.31 Å². The van der Waals surface area contributed by atoms with E-state index in [2.05, 4.69) is 21.2 Å². The van der Waals surface area contributed by atoms with Gasteiger partial charge in [-0.25, -0.2) is 12.8 Å². The van der Waals surface area contributed by atoms with Crippen LogP contribution in [0, 0.1) is 5.82 Å². The van der Waals surface area contributed by atoms with E-state index in [1.165, 1.54) is 40.7 Å². The first-order chi connectivity index (χ1) is 13.2. The molecule has 6 nitrogen and oxygen atoms in total. The summed E-state index contributed by atoms with van der Waals surface area (Å²) in [6, 6.07) is 7.43. The lowest BCUT2D eigenvalue weighted by Crippen LogP contribution is -2.37. The van der Waals surface area contributed by atoms with E-state index in [1.807, 2.05) is 0 Å². The fourth-order valence-electron chi connectivity index (χ4n) is 3.05. The van der Waals surface area contributed by atoms with Crippen molar-refractivity contribution in [1.29, 1.82) is 0 Å². The van der Waals surface area contributed by atoms with Gasteiger partial charge in [-0.1, -0.05) is 11.6 Å². The van der Waals surface area contributed by atoms with Crippen LogP contribution in [0.1, 0.15) is 23.2 Å². The van der Waals surface area contributed by atoms with Crippen molar-refractivity contribution in [1.82, 2.24) is 4.31 Å². The number of aliphatic hydroxyl groups is 1. The standard InChI is InChI=1S/C18H17BrClFN2O4S/c19-14-9-12(4-6-16(14)21)22-18(25)11-3-5-15(20)17(8-11)28(26,27)23-7-1-2-13(23)10-24/h3-6,8-9,13,24H,1-2,7,10H2,(H,22,25). The van der Waals surface area contributed by atoms with Crippen LogP contribution in [0.2, 0.25) is 5.02 Å². The molecule has 1 fully saturated rings. The highest BCUT2D eigenvalue weighted by molar-refractivity contribution is 9.10. The summed E-state index contributed by atoms with van der Waals surface area (Å²) in [5.41, 5.74) is 0.431. The Balaban J connectivity index is 1.90. The number of halogens is 3. The van der Waals surface area contributed by atoms with Crippen molar-refractivity contribution < 1.29 is 22.7 Å². The minimum Gasteiger partial charge on any atom is -0.395 e. The highest BCUT2D eigenvalue weighted by Crippen LogP contribution is 2.31. The van der Waals surface area contributed by atoms with E-state index in [4.69, 9.17) is 11.6 Å². The van der Waals surface area contributed by atoms with Gasteiger partial charge in [0.25, 0.3) is 5.91 Å². The van der Waals surface area contributed by atoms with E-state index in [1.54, 1.807) is 0 Å². The Kier molecular flexibility index (Phi) is 6.41. The first-order valence-corrected chi connectivity index (χ1v) is 11.0. The third-order valence-electron chi connectivity index (χ3n) is 4.49. The van der Waals surface area contributed by atoms with Gasteiger partial charge in [0.2, 0.25) is 10.0 Å². The van der Waals surface area contributed by atoms with Crippen molar-refractivity contribution in [2.45, 2.75) is 23.8 Å². The molecule has 1 saturated heterocycles. The van der Waals surface area contributed by atoms with Crippen molar-refractivity contribution in [3.63, 3.8) is 0 Å². The van der Waals surface area contributed by atoms with Crippen LogP contribution in [0.4, 0.5) is 10.1 Å². The summed E-state index contributed by atoms with van der Waals surface area (Å²) in [5, 5.41) is 12.0. The highest BCUT2D eigenvalue weighted by atomic mass is 79.9. The number of benzene rings is 2. The van der Waals surface area contributed by atoms with Gasteiger partial charge in [-0.3, -0.25) is 4.79 Å². The zero-order valence-corrected chi connectivity index (χ0v) is 17.7. The topological polar surface area (TPSA) is 86.7 Å². The molecular weight excluding hydrogens is 475 g/mol. The predicted octanol–water partition coefficient (Wildman–Crippen LogP) is 3.64. The molecule has 0 radical (unpaired) electrons. The summed E-state index contributed by atoms with van der Waals surface area (Å²) in [5.74, 6) is -1.03. The SMILES string of the molecule is O=C(Nc1ccc(F)c(Br)c1)c1ccc(Cl)c(S(=O)(=O)N2CCCC2CO)c1. The van der Waals surface area contributed by atoms with Gasteiger partial charge in [-0.15, -0.1) is 0 Å². The lowest BCUT2D eigenvalue weighted by molar-refractivity contribution is 0.102. The summed E-state index contributed by atoms with van der Waals surface area (Å²) in [4.78, 5) is 12.3. The molecule has 1 aliphatic rings. The average Bonchev–Trinajstić information content (AvgIpc) is 3.14. The molecule has 0 aromatic heterocycles. The molecule has 1 heterocycles. The van der Waals surface area contributed by atoms with E-state index in [0.29, 0.717) is 18.5 Å². The Morgan fingerprint density at radius 1 is 1.32 bits per heavy atom. The zero-order chi connectivity index (χ0) is 20.5. The molecule has 0 bridgehead atoms. The maximum Gasteiger partial charge on any atom is 0.255 e. The Hall–Kier alpha value is -1.52. The van der Waals surface area contributed by atoms with E-state index in [-0.39, 0.29) is 33.1 Å². The molecule has 28 heavy (non-hydrogen) atoms. The fourth-order valence-corrected chi connectivity index (χ4v) is 5.62. The second-order valence-electron chi connectivity index (χ2n) is 6.32. The largest absolute Gasteiger partial charge is 0.395 e. The molecule has 2 aromatic carbocycles. The number of sulfonamides is 1. The Labute approximate surface area is 175 Å². The van der Waals surface area contributed by atoms with Gasteiger partial charge < -0.3 is 10.4 Å². The lowest BCUT2D eigenvalue weighted by atomic mass is 10.2. The van der Waals surface area contributed by atoms with Gasteiger partial charge >= 0.3 is 0 Å². The van der Waals surface area contributed by atoms with E-state index < -0.39 is 27.8 Å². The summed E-state index contributed by atoms with van der Waals surface area (Å²) in [6.45, 7) is 0.000387. The maximum atomic E-state index is 13.3. The van der Waals surface area contributed by atoms with Crippen molar-refractivity contribution in [3.05, 3.63) is 57.3 Å². The van der Waals surface area contributed by atoms with Crippen LogP contribution in [0.25, 0.3) is 0 Å². The van der Waals surface area contributed by atoms with Crippen molar-refractivity contribution in [3.8, 4) is 0 Å². The van der Waals surface area contributed by atoms with Crippen LogP contribution in [-0.4, -0.2) is 42.9 Å². The molecule has 2 aromatic rings. The number of hydrogen-bond acceptors (Lipinski definition) is 4. The Morgan fingerprint density at radius 2 is 2.07 bits per heavy atom. The molecular formula is C18H17BrClFN2O4S. The first kappa shape index (κ1) is 21.2. The number of nitrogens with one attached hydrogen (secondary N) is 1. The minimum absolute atomic E-state index is 0.00957. The van der Waals surface area contributed by atoms with Crippen molar-refractivity contribution in [2.75, 3.05) is 18.5 Å². The van der Waals surface area contributed by atoms with Crippen LogP contribution >= 0.6 is 27.5 Å². The number of amides is 1. The number of hydrogen-bond donors (Lipinski definition) is 2. The third kappa shape index (κ3) is 4.23. The maximum absolute atomic E-state index is 13.3. The lowest BCUT2D eigenvalue weighted by Gasteiger charge is -2.23. The van der Waals surface area contributed by atoms with Crippen LogP contribution in [-0.2, 0) is 10.0 Å². The molecule has 2 N–H and O–H groups in total. The van der Waals surface area contributed by atoms with Crippen molar-refractivity contribution in [2.24, 2.45) is 0 Å². The summed E-state index contributed by atoms with van der Waals surface area (Å²) in [6.07, 6.45) is 1.20. The second-order valence-corrected chi connectivity index (χ2v) is 9.44. The van der Waals surface area contributed by atoms with Crippen LogP contribution in [0.15, 0.2) is 45.8 Å². The van der Waals surface area contributed by atoms with E-state index in [0.717, 1.165) is 0 Å². The predicted molar refractivity (Wildman–Crippen MR) is 108 cm³/mol. The monoisotopic (exact) mass is 490 g/mol. The number of anilines is 1. The number of carbonyl (C=O) groups excluding carboxylic acids is 1. The summed E-state index contributed by atoms with van der Waals surface area (Å²) < 4.78 is 40.7. The quantitative estimate of drug-likeness (QED) is 0.669. The number of rotatable bonds is 5. The Morgan fingerprint density at radius 3 is 2.75 bits per heavy atom. The second kappa shape index (κ2) is 8.46. The van der Waals surface area contributed by atoms with E-state index in [9.17, 15) is 22.7 Å². The summed E-state index contributed by atoms with van der Waals surface area (Å²) in [7, 11) is -3.97. The van der Waals surface area contributed by atoms with Crippen LogP contribution in [0.3, 0.4) is 0 Å². The third-order valence-corrected chi connectivity index (χ3v) is 7.53. The first-order valence-electron chi connectivity index (χ1n) is 8.42. The van der Waals surface area contributed by atoms with Gasteiger partial charge in [0.15, 0.2) is 0 Å². The number of aliphatic hydroxyl groups excluding tert-OH is 1. The zero-order valence-electron chi connectivity index (χ0n) is 14.5. The van der Waals surface area contributed by atoms with E-state index >= 15 is 0 Å². The molecule has 0 spiro atoms. The van der Waals surface area contributed by atoms with Gasteiger partial charge in [0.05, 0.1) is 16.1 Å². The molecule has 1 amide bonds. The molecule has 1 aliphatic heterocycles. The molecule has 0 saturated carbocycles. The van der Waals surface area contributed by atoms with Crippen LogP contribution < -0.4 is 5.32 Å². The van der Waals surface area contributed by atoms with Crippen molar-refractivity contribution >= 4 is 49.1 Å². The average molecular weight is 492 g/mol. The number of carbonyl (C=O) groups is 1.